The predicted molar refractivity (Wildman–Crippen MR) is 214 cm³/mol. The van der Waals surface area contributed by atoms with Crippen LogP contribution < -0.4 is 0 Å². The van der Waals surface area contributed by atoms with E-state index in [2.05, 4.69) is 20.8 Å². The summed E-state index contributed by atoms with van der Waals surface area (Å²) in [5, 5.41) is 127. The maximum atomic E-state index is 12.0. The molecule has 0 aromatic rings. The van der Waals surface area contributed by atoms with E-state index >= 15 is 0 Å². The minimum atomic E-state index is -1.66. The van der Waals surface area contributed by atoms with E-state index in [1.165, 1.54) is 0 Å². The summed E-state index contributed by atoms with van der Waals surface area (Å²) in [5.41, 5.74) is -0.225. The summed E-state index contributed by atoms with van der Waals surface area (Å²) in [5.74, 6) is 0.0396. The Morgan fingerprint density at radius 2 is 1.38 bits per heavy atom. The first-order valence-electron chi connectivity index (χ1n) is 23.4. The van der Waals surface area contributed by atoms with Crippen molar-refractivity contribution in [2.24, 2.45) is 52.3 Å². The number of aliphatic hydroxyl groups is 12. The highest BCUT2D eigenvalue weighted by Gasteiger charge is 2.69. The summed E-state index contributed by atoms with van der Waals surface area (Å²) in [7, 11) is 0. The highest BCUT2D eigenvalue weighted by atomic mass is 16.7. The summed E-state index contributed by atoms with van der Waals surface area (Å²) >= 11 is 0. The van der Waals surface area contributed by atoms with Crippen LogP contribution in [0.15, 0.2) is 0 Å². The zero-order chi connectivity index (χ0) is 45.5. The van der Waals surface area contributed by atoms with Crippen molar-refractivity contribution >= 4 is 0 Å². The first-order valence-corrected chi connectivity index (χ1v) is 23.4. The number of hydrogen-bond donors (Lipinski definition) is 12. The molecule has 4 saturated heterocycles. The van der Waals surface area contributed by atoms with Gasteiger partial charge < -0.3 is 94.4 Å². The van der Waals surface area contributed by atoms with Gasteiger partial charge in [-0.3, -0.25) is 0 Å². The van der Waals surface area contributed by atoms with E-state index in [1.807, 2.05) is 6.92 Å². The van der Waals surface area contributed by atoms with E-state index in [4.69, 9.17) is 33.2 Å². The molecule has 0 radical (unpaired) electrons. The third-order valence-electron chi connectivity index (χ3n) is 17.6. The molecule has 27 unspecified atom stereocenters. The lowest BCUT2D eigenvalue weighted by Gasteiger charge is -2.62. The van der Waals surface area contributed by atoms with Crippen LogP contribution in [0.5, 0.6) is 0 Å². The molecular formula is C44H74O19. The van der Waals surface area contributed by atoms with Crippen LogP contribution in [0.25, 0.3) is 0 Å². The SMILES string of the molecule is CC(CCC1(O)OC2CC3C4CCC5CC(OC6OC(CO)C(OC7OCC(O)C(O)C7O)C(O)C6O)C(O)CC5(C)C4CCC3(C)C2C1C)COC1OC(CO)C(O)C(O)C1O. The van der Waals surface area contributed by atoms with Crippen molar-refractivity contribution in [1.82, 2.24) is 0 Å². The van der Waals surface area contributed by atoms with E-state index < -0.39 is 117 Å². The first-order chi connectivity index (χ1) is 29.8. The predicted octanol–water partition coefficient (Wildman–Crippen LogP) is -2.17. The fourth-order valence-electron chi connectivity index (χ4n) is 13.9. The van der Waals surface area contributed by atoms with Crippen LogP contribution in [-0.4, -0.2) is 198 Å². The number of rotatable bonds is 12. The molecule has 8 aliphatic rings. The standard InChI is InChI=1S/C44H74O19/c1-18(16-57-39-36(54)33(51)32(50)28(14-45)60-39)7-10-44(56)19(2)30-27(63-44)12-23-21-6-5-20-11-26(24(47)13-43(20,4)22(21)8-9-42(23,30)3)59-41-37(55)34(52)38(29(15-46)61-41)62-40-35(53)31(49)25(48)17-58-40/h18-41,45-56H,5-17H2,1-4H3. The van der Waals surface area contributed by atoms with Crippen molar-refractivity contribution in [1.29, 1.82) is 0 Å². The summed E-state index contributed by atoms with van der Waals surface area (Å²) < 4.78 is 41.1. The topological polar surface area (TPSA) is 307 Å². The van der Waals surface area contributed by atoms with Crippen LogP contribution >= 0.6 is 0 Å². The zero-order valence-corrected chi connectivity index (χ0v) is 36.8. The average molecular weight is 907 g/mol. The zero-order valence-electron chi connectivity index (χ0n) is 36.8. The molecule has 364 valence electrons. The third-order valence-corrected chi connectivity index (χ3v) is 17.6. The monoisotopic (exact) mass is 906 g/mol. The molecule has 0 amide bonds. The Hall–Kier alpha value is -0.760. The summed E-state index contributed by atoms with van der Waals surface area (Å²) in [6, 6.07) is 0. The van der Waals surface area contributed by atoms with Gasteiger partial charge in [0.25, 0.3) is 0 Å². The van der Waals surface area contributed by atoms with Crippen LogP contribution in [0.4, 0.5) is 0 Å². The van der Waals surface area contributed by atoms with Gasteiger partial charge >= 0.3 is 0 Å². The maximum absolute atomic E-state index is 12.0. The Labute approximate surface area is 368 Å². The van der Waals surface area contributed by atoms with Crippen LogP contribution in [0.2, 0.25) is 0 Å². The second-order valence-electron chi connectivity index (χ2n) is 21.2. The number of aliphatic hydroxyl groups excluding tert-OH is 11. The Kier molecular flexibility index (Phi) is 14.4. The lowest BCUT2D eigenvalue weighted by molar-refractivity contribution is -0.358. The molecule has 0 spiro atoms. The molecule has 63 heavy (non-hydrogen) atoms. The normalized spacial score (nSPS) is 56.3. The van der Waals surface area contributed by atoms with Gasteiger partial charge in [-0.25, -0.2) is 0 Å². The van der Waals surface area contributed by atoms with E-state index in [-0.39, 0.29) is 53.8 Å². The molecule has 4 saturated carbocycles. The molecule has 19 nitrogen and oxygen atoms in total. The smallest absolute Gasteiger partial charge is 0.187 e. The van der Waals surface area contributed by atoms with Gasteiger partial charge in [0, 0.05) is 12.3 Å². The second kappa shape index (κ2) is 18.6. The van der Waals surface area contributed by atoms with Crippen LogP contribution in [-0.2, 0) is 33.2 Å². The Balaban J connectivity index is 0.851. The highest BCUT2D eigenvalue weighted by molar-refractivity contribution is 5.15. The van der Waals surface area contributed by atoms with Gasteiger partial charge in [0.1, 0.15) is 67.1 Å². The molecular weight excluding hydrogens is 832 g/mol. The summed E-state index contributed by atoms with van der Waals surface area (Å²) in [4.78, 5) is 0. The first kappa shape index (κ1) is 48.7. The Morgan fingerprint density at radius 3 is 2.10 bits per heavy atom. The van der Waals surface area contributed by atoms with Crippen molar-refractivity contribution < 1.29 is 94.4 Å². The van der Waals surface area contributed by atoms with Gasteiger partial charge in [-0.1, -0.05) is 27.7 Å². The van der Waals surface area contributed by atoms with Gasteiger partial charge in [0.2, 0.25) is 0 Å². The van der Waals surface area contributed by atoms with E-state index in [0.29, 0.717) is 43.4 Å². The van der Waals surface area contributed by atoms with Crippen molar-refractivity contribution in [3.63, 3.8) is 0 Å². The molecule has 4 aliphatic heterocycles. The Bertz CT molecular complexity index is 1540. The van der Waals surface area contributed by atoms with Crippen molar-refractivity contribution in [3.8, 4) is 0 Å². The fourth-order valence-corrected chi connectivity index (χ4v) is 13.9. The molecule has 0 aromatic carbocycles. The maximum Gasteiger partial charge on any atom is 0.187 e. The largest absolute Gasteiger partial charge is 0.394 e. The lowest BCUT2D eigenvalue weighted by atomic mass is 9.44. The molecule has 12 N–H and O–H groups in total. The van der Waals surface area contributed by atoms with Gasteiger partial charge in [-0.05, 0) is 97.7 Å². The van der Waals surface area contributed by atoms with E-state index in [9.17, 15) is 61.3 Å². The van der Waals surface area contributed by atoms with Crippen molar-refractivity contribution in [2.45, 2.75) is 196 Å². The van der Waals surface area contributed by atoms with Gasteiger partial charge in [0.15, 0.2) is 24.7 Å². The number of hydrogen-bond acceptors (Lipinski definition) is 19. The molecule has 27 atom stereocenters. The molecule has 8 fully saturated rings. The van der Waals surface area contributed by atoms with Crippen LogP contribution in [0.1, 0.15) is 85.5 Å². The number of ether oxygens (including phenoxy) is 7. The molecule has 19 heteroatoms. The van der Waals surface area contributed by atoms with Gasteiger partial charge in [-0.2, -0.15) is 0 Å². The molecule has 4 aliphatic carbocycles. The van der Waals surface area contributed by atoms with Gasteiger partial charge in [0.05, 0.1) is 44.7 Å². The van der Waals surface area contributed by atoms with Crippen LogP contribution in [0.3, 0.4) is 0 Å². The fraction of sp³-hybridized carbons (Fsp3) is 1.00. The summed E-state index contributed by atoms with van der Waals surface area (Å²) in [6.45, 7) is 7.37. The average Bonchev–Trinajstić information content (AvgIpc) is 3.69. The van der Waals surface area contributed by atoms with E-state index in [1.54, 1.807) is 0 Å². The molecule has 4 heterocycles. The minimum absolute atomic E-state index is 0.0436. The van der Waals surface area contributed by atoms with Crippen LogP contribution in [0, 0.1) is 52.3 Å². The molecule has 8 rings (SSSR count). The lowest BCUT2D eigenvalue weighted by Crippen LogP contribution is -2.64. The Morgan fingerprint density at radius 1 is 0.698 bits per heavy atom. The van der Waals surface area contributed by atoms with Crippen molar-refractivity contribution in [3.05, 3.63) is 0 Å². The second-order valence-corrected chi connectivity index (χ2v) is 21.2. The minimum Gasteiger partial charge on any atom is -0.394 e. The van der Waals surface area contributed by atoms with Crippen molar-refractivity contribution in [2.75, 3.05) is 26.4 Å². The highest BCUT2D eigenvalue weighted by Crippen LogP contribution is 2.71. The van der Waals surface area contributed by atoms with E-state index in [0.717, 1.165) is 32.1 Å². The summed E-state index contributed by atoms with van der Waals surface area (Å²) in [6.07, 6.45) is -15.0. The third kappa shape index (κ3) is 8.58. The molecule has 0 aromatic heterocycles. The molecule has 0 bridgehead atoms. The quantitative estimate of drug-likeness (QED) is 0.0928. The van der Waals surface area contributed by atoms with Gasteiger partial charge in [-0.15, -0.1) is 0 Å². The number of fused-ring (bicyclic) bond motifs is 7.